The highest BCUT2D eigenvalue weighted by Gasteiger charge is 2.17. The number of nitrogen functional groups attached to an aromatic ring is 1. The Morgan fingerprint density at radius 3 is 2.60 bits per heavy atom. The predicted octanol–water partition coefficient (Wildman–Crippen LogP) is 2.46. The molecule has 1 aromatic rings. The van der Waals surface area contributed by atoms with Crippen molar-refractivity contribution in [1.82, 2.24) is 0 Å². The first-order valence-corrected chi connectivity index (χ1v) is 5.35. The smallest absolute Gasteiger partial charge is 0.125 e. The normalized spacial score (nSPS) is 15.8. The summed E-state index contributed by atoms with van der Waals surface area (Å²) in [4.78, 5) is 0. The van der Waals surface area contributed by atoms with E-state index in [9.17, 15) is 0 Å². The van der Waals surface area contributed by atoms with Gasteiger partial charge in [0, 0.05) is 23.9 Å². The zero-order valence-electron chi connectivity index (χ0n) is 9.03. The van der Waals surface area contributed by atoms with Crippen LogP contribution in [0, 0.1) is 5.92 Å². The lowest BCUT2D eigenvalue weighted by Gasteiger charge is -2.25. The summed E-state index contributed by atoms with van der Waals surface area (Å²) in [7, 11) is 1.63. The largest absolute Gasteiger partial charge is 0.497 e. The highest BCUT2D eigenvalue weighted by molar-refractivity contribution is 5.50. The first-order chi connectivity index (χ1) is 7.28. The molecule has 0 bridgehead atoms. The fourth-order valence-corrected chi connectivity index (χ4v) is 1.67. The Morgan fingerprint density at radius 2 is 2.00 bits per heavy atom. The van der Waals surface area contributed by atoms with E-state index >= 15 is 0 Å². The average Bonchev–Trinajstić information content (AvgIpc) is 2.14. The summed E-state index contributed by atoms with van der Waals surface area (Å²) in [6.07, 6.45) is 3.92. The number of ether oxygens (including phenoxy) is 2. The van der Waals surface area contributed by atoms with Crippen LogP contribution in [0.25, 0.3) is 0 Å². The molecule has 3 nitrogen and oxygen atoms in total. The number of rotatable bonds is 4. The third kappa shape index (κ3) is 2.55. The zero-order valence-corrected chi connectivity index (χ0v) is 9.03. The summed E-state index contributed by atoms with van der Waals surface area (Å²) in [5.74, 6) is 2.29. The molecule has 3 heteroatoms. The summed E-state index contributed by atoms with van der Waals surface area (Å²) in [6, 6.07) is 5.49. The molecule has 0 aliphatic heterocycles. The third-order valence-electron chi connectivity index (χ3n) is 2.85. The minimum absolute atomic E-state index is 0.679. The van der Waals surface area contributed by atoms with E-state index in [1.165, 1.54) is 19.3 Å². The lowest BCUT2D eigenvalue weighted by molar-refractivity contribution is 0.180. The molecular formula is C12H17NO2. The van der Waals surface area contributed by atoms with Gasteiger partial charge < -0.3 is 15.2 Å². The predicted molar refractivity (Wildman–Crippen MR) is 60.2 cm³/mol. The highest BCUT2D eigenvalue weighted by atomic mass is 16.5. The van der Waals surface area contributed by atoms with Crippen molar-refractivity contribution < 1.29 is 9.47 Å². The molecule has 1 aromatic carbocycles. The van der Waals surface area contributed by atoms with Crippen molar-refractivity contribution in [1.29, 1.82) is 0 Å². The van der Waals surface area contributed by atoms with Crippen molar-refractivity contribution in [2.75, 3.05) is 19.5 Å². The molecule has 2 N–H and O–H groups in total. The van der Waals surface area contributed by atoms with Crippen LogP contribution in [0.3, 0.4) is 0 Å². The molecule has 0 aromatic heterocycles. The summed E-state index contributed by atoms with van der Waals surface area (Å²) >= 11 is 0. The van der Waals surface area contributed by atoms with E-state index in [0.717, 1.165) is 24.0 Å². The molecular weight excluding hydrogens is 190 g/mol. The second-order valence-electron chi connectivity index (χ2n) is 4.05. The maximum atomic E-state index is 5.73. The molecule has 82 valence electrons. The Hall–Kier alpha value is -1.38. The Morgan fingerprint density at radius 1 is 1.27 bits per heavy atom. The zero-order chi connectivity index (χ0) is 10.7. The van der Waals surface area contributed by atoms with E-state index in [-0.39, 0.29) is 0 Å². The van der Waals surface area contributed by atoms with Gasteiger partial charge in [-0.15, -0.1) is 0 Å². The number of hydrogen-bond donors (Lipinski definition) is 1. The van der Waals surface area contributed by atoms with Crippen LogP contribution >= 0.6 is 0 Å². The Labute approximate surface area is 90.2 Å². The number of benzene rings is 1. The maximum Gasteiger partial charge on any atom is 0.125 e. The molecule has 0 unspecified atom stereocenters. The molecule has 0 spiro atoms. The summed E-state index contributed by atoms with van der Waals surface area (Å²) in [5.41, 5.74) is 6.41. The van der Waals surface area contributed by atoms with Gasteiger partial charge in [0.2, 0.25) is 0 Å². The molecule has 0 amide bonds. The van der Waals surface area contributed by atoms with E-state index in [1.54, 1.807) is 13.2 Å². The van der Waals surface area contributed by atoms with Crippen LogP contribution in [0.2, 0.25) is 0 Å². The van der Waals surface area contributed by atoms with Gasteiger partial charge in [-0.3, -0.25) is 0 Å². The van der Waals surface area contributed by atoms with Crippen molar-refractivity contribution in [3.63, 3.8) is 0 Å². The lowest BCUT2D eigenvalue weighted by atomic mass is 9.86. The second-order valence-corrected chi connectivity index (χ2v) is 4.05. The number of methoxy groups -OCH3 is 1. The monoisotopic (exact) mass is 207 g/mol. The van der Waals surface area contributed by atoms with E-state index in [1.807, 2.05) is 12.1 Å². The Bertz CT molecular complexity index is 334. The Balaban J connectivity index is 1.96. The van der Waals surface area contributed by atoms with Crippen molar-refractivity contribution in [2.45, 2.75) is 19.3 Å². The molecule has 1 aliphatic carbocycles. The molecule has 0 heterocycles. The maximum absolute atomic E-state index is 5.73. The van der Waals surface area contributed by atoms with Crippen molar-refractivity contribution >= 4 is 5.69 Å². The molecule has 1 saturated carbocycles. The van der Waals surface area contributed by atoms with Crippen LogP contribution in [-0.2, 0) is 0 Å². The first-order valence-electron chi connectivity index (χ1n) is 5.35. The quantitative estimate of drug-likeness (QED) is 0.771. The van der Waals surface area contributed by atoms with Gasteiger partial charge >= 0.3 is 0 Å². The van der Waals surface area contributed by atoms with E-state index < -0.39 is 0 Å². The van der Waals surface area contributed by atoms with Crippen LogP contribution < -0.4 is 15.2 Å². The van der Waals surface area contributed by atoms with Crippen molar-refractivity contribution in [3.8, 4) is 11.5 Å². The summed E-state index contributed by atoms with van der Waals surface area (Å²) in [5, 5.41) is 0. The van der Waals surface area contributed by atoms with Gasteiger partial charge in [-0.2, -0.15) is 0 Å². The topological polar surface area (TPSA) is 44.5 Å². The van der Waals surface area contributed by atoms with Crippen molar-refractivity contribution in [2.24, 2.45) is 5.92 Å². The number of nitrogens with two attached hydrogens (primary N) is 1. The highest BCUT2D eigenvalue weighted by Crippen LogP contribution is 2.29. The molecule has 1 fully saturated rings. The SMILES string of the molecule is COc1cc(N)cc(OCC2CCC2)c1. The van der Waals surface area contributed by atoms with Crippen molar-refractivity contribution in [3.05, 3.63) is 18.2 Å². The number of anilines is 1. The average molecular weight is 207 g/mol. The van der Waals surface area contributed by atoms with Gasteiger partial charge in [-0.1, -0.05) is 6.42 Å². The van der Waals surface area contributed by atoms with Gasteiger partial charge in [0.15, 0.2) is 0 Å². The van der Waals surface area contributed by atoms with Crippen LogP contribution in [0.5, 0.6) is 11.5 Å². The van der Waals surface area contributed by atoms with Gasteiger partial charge in [0.05, 0.1) is 13.7 Å². The fraction of sp³-hybridized carbons (Fsp3) is 0.500. The standard InChI is InChI=1S/C12H17NO2/c1-14-11-5-10(13)6-12(7-11)15-8-9-3-2-4-9/h5-7,9H,2-4,8,13H2,1H3. The molecule has 15 heavy (non-hydrogen) atoms. The minimum Gasteiger partial charge on any atom is -0.497 e. The van der Waals surface area contributed by atoms with Gasteiger partial charge in [-0.05, 0) is 18.8 Å². The van der Waals surface area contributed by atoms with Gasteiger partial charge in [0.25, 0.3) is 0 Å². The molecule has 1 aliphatic rings. The second kappa shape index (κ2) is 4.43. The van der Waals surface area contributed by atoms with Crippen LogP contribution in [0.1, 0.15) is 19.3 Å². The van der Waals surface area contributed by atoms with Gasteiger partial charge in [-0.25, -0.2) is 0 Å². The molecule has 0 radical (unpaired) electrons. The van der Waals surface area contributed by atoms with Gasteiger partial charge in [0.1, 0.15) is 11.5 Å². The third-order valence-corrected chi connectivity index (χ3v) is 2.85. The Kier molecular flexibility index (Phi) is 2.99. The molecule has 0 saturated heterocycles. The first kappa shape index (κ1) is 10.1. The number of hydrogen-bond acceptors (Lipinski definition) is 3. The molecule has 0 atom stereocenters. The van der Waals surface area contributed by atoms with E-state index in [2.05, 4.69) is 0 Å². The van der Waals surface area contributed by atoms with Crippen LogP contribution in [0.4, 0.5) is 5.69 Å². The lowest BCUT2D eigenvalue weighted by Crippen LogP contribution is -2.19. The summed E-state index contributed by atoms with van der Waals surface area (Å²) in [6.45, 7) is 0.798. The van der Waals surface area contributed by atoms with Crippen LogP contribution in [0.15, 0.2) is 18.2 Å². The van der Waals surface area contributed by atoms with Crippen LogP contribution in [-0.4, -0.2) is 13.7 Å². The van der Waals surface area contributed by atoms with E-state index in [0.29, 0.717) is 5.69 Å². The summed E-state index contributed by atoms with van der Waals surface area (Å²) < 4.78 is 10.8. The van der Waals surface area contributed by atoms with E-state index in [4.69, 9.17) is 15.2 Å². The minimum atomic E-state index is 0.679. The fourth-order valence-electron chi connectivity index (χ4n) is 1.67. The molecule has 2 rings (SSSR count).